The van der Waals surface area contributed by atoms with E-state index in [4.69, 9.17) is 9.47 Å². The van der Waals surface area contributed by atoms with Crippen LogP contribution in [-0.4, -0.2) is 29.9 Å². The van der Waals surface area contributed by atoms with E-state index in [0.717, 1.165) is 5.56 Å². The molecule has 0 spiro atoms. The number of anilines is 1. The summed E-state index contributed by atoms with van der Waals surface area (Å²) in [6.07, 6.45) is 2.79. The highest BCUT2D eigenvalue weighted by Crippen LogP contribution is 2.27. The largest absolute Gasteiger partial charge is 0.493 e. The van der Waals surface area contributed by atoms with E-state index in [1.165, 1.54) is 0 Å². The zero-order chi connectivity index (χ0) is 15.2. The Morgan fingerprint density at radius 3 is 2.62 bits per heavy atom. The Morgan fingerprint density at radius 1 is 1.24 bits per heavy atom. The molecule has 0 aliphatic heterocycles. The summed E-state index contributed by atoms with van der Waals surface area (Å²) < 4.78 is 12.1. The number of ether oxygens (including phenoxy) is 2. The van der Waals surface area contributed by atoms with Crippen LogP contribution >= 0.6 is 0 Å². The Bertz CT molecular complexity index is 622. The summed E-state index contributed by atoms with van der Waals surface area (Å²) >= 11 is 0. The topological polar surface area (TPSA) is 65.4 Å². The Kier molecular flexibility index (Phi) is 4.81. The first kappa shape index (κ1) is 14.9. The fraction of sp³-hybridized carbons (Fsp3) is 0.333. The Hall–Kier alpha value is -2.50. The van der Waals surface area contributed by atoms with Gasteiger partial charge in [-0.05, 0) is 24.1 Å². The first-order valence-corrected chi connectivity index (χ1v) is 6.63. The minimum Gasteiger partial charge on any atom is -0.493 e. The summed E-state index contributed by atoms with van der Waals surface area (Å²) in [5, 5.41) is 6.86. The molecule has 1 N–H and O–H groups in total. The molecule has 0 radical (unpaired) electrons. The van der Waals surface area contributed by atoms with E-state index in [9.17, 15) is 4.79 Å². The Morgan fingerprint density at radius 2 is 2.00 bits per heavy atom. The van der Waals surface area contributed by atoms with Crippen LogP contribution < -0.4 is 14.8 Å². The monoisotopic (exact) mass is 289 g/mol. The average Bonchev–Trinajstić information content (AvgIpc) is 2.89. The molecule has 0 saturated carbocycles. The molecule has 0 aliphatic carbocycles. The Labute approximate surface area is 123 Å². The molecule has 0 atom stereocenters. The summed E-state index contributed by atoms with van der Waals surface area (Å²) in [4.78, 5) is 11.9. The standard InChI is InChI=1S/C15H19N3O3/c1-18-9-8-14(17-18)16-15(19)7-5-11-4-6-12(20-2)13(10-11)21-3/h4,6,8-10H,5,7H2,1-3H3,(H,16,17,19). The molecule has 1 aromatic carbocycles. The van der Waals surface area contributed by atoms with Crippen LogP contribution in [-0.2, 0) is 18.3 Å². The molecule has 2 rings (SSSR count). The second-order valence-corrected chi connectivity index (χ2v) is 4.61. The van der Waals surface area contributed by atoms with Crippen LogP contribution in [0.5, 0.6) is 11.5 Å². The maximum Gasteiger partial charge on any atom is 0.225 e. The van der Waals surface area contributed by atoms with Gasteiger partial charge in [-0.3, -0.25) is 9.48 Å². The van der Waals surface area contributed by atoms with Crippen molar-refractivity contribution in [1.29, 1.82) is 0 Å². The number of amides is 1. The SMILES string of the molecule is COc1ccc(CCC(=O)Nc2ccn(C)n2)cc1OC. The highest BCUT2D eigenvalue weighted by molar-refractivity contribution is 5.89. The highest BCUT2D eigenvalue weighted by Gasteiger charge is 2.08. The van der Waals surface area contributed by atoms with Crippen molar-refractivity contribution in [2.24, 2.45) is 7.05 Å². The minimum atomic E-state index is -0.0662. The average molecular weight is 289 g/mol. The number of methoxy groups -OCH3 is 2. The van der Waals surface area contributed by atoms with Crippen molar-refractivity contribution in [3.8, 4) is 11.5 Å². The smallest absolute Gasteiger partial charge is 0.225 e. The second-order valence-electron chi connectivity index (χ2n) is 4.61. The molecule has 0 fully saturated rings. The number of aryl methyl sites for hydroxylation is 2. The number of rotatable bonds is 6. The maximum atomic E-state index is 11.9. The number of benzene rings is 1. The molecule has 1 aromatic heterocycles. The van der Waals surface area contributed by atoms with E-state index in [1.807, 2.05) is 18.2 Å². The van der Waals surface area contributed by atoms with E-state index >= 15 is 0 Å². The zero-order valence-corrected chi connectivity index (χ0v) is 12.4. The van der Waals surface area contributed by atoms with Gasteiger partial charge in [0.2, 0.25) is 5.91 Å². The first-order chi connectivity index (χ1) is 10.1. The lowest BCUT2D eigenvalue weighted by atomic mass is 10.1. The Balaban J connectivity index is 1.91. The van der Waals surface area contributed by atoms with Crippen molar-refractivity contribution in [1.82, 2.24) is 9.78 Å². The summed E-state index contributed by atoms with van der Waals surface area (Å²) in [7, 11) is 4.99. The van der Waals surface area contributed by atoms with Gasteiger partial charge in [-0.15, -0.1) is 0 Å². The van der Waals surface area contributed by atoms with Gasteiger partial charge < -0.3 is 14.8 Å². The minimum absolute atomic E-state index is 0.0662. The van der Waals surface area contributed by atoms with Gasteiger partial charge in [-0.1, -0.05) is 6.07 Å². The number of carbonyl (C=O) groups excluding carboxylic acids is 1. The van der Waals surface area contributed by atoms with Gasteiger partial charge >= 0.3 is 0 Å². The van der Waals surface area contributed by atoms with Crippen molar-refractivity contribution in [2.75, 3.05) is 19.5 Å². The van der Waals surface area contributed by atoms with Gasteiger partial charge in [-0.2, -0.15) is 5.10 Å². The van der Waals surface area contributed by atoms with Crippen molar-refractivity contribution in [3.63, 3.8) is 0 Å². The van der Waals surface area contributed by atoms with E-state index in [0.29, 0.717) is 30.2 Å². The van der Waals surface area contributed by atoms with Gasteiger partial charge in [-0.25, -0.2) is 0 Å². The van der Waals surface area contributed by atoms with Crippen LogP contribution in [0.1, 0.15) is 12.0 Å². The molecular weight excluding hydrogens is 270 g/mol. The molecule has 1 heterocycles. The van der Waals surface area contributed by atoms with Crippen LogP contribution in [0.15, 0.2) is 30.5 Å². The summed E-state index contributed by atoms with van der Waals surface area (Å²) in [6.45, 7) is 0. The molecule has 0 saturated heterocycles. The third-order valence-electron chi connectivity index (χ3n) is 3.07. The molecule has 2 aromatic rings. The third-order valence-corrected chi connectivity index (χ3v) is 3.07. The van der Waals surface area contributed by atoms with Crippen molar-refractivity contribution in [3.05, 3.63) is 36.0 Å². The summed E-state index contributed by atoms with van der Waals surface area (Å²) in [5.74, 6) is 1.85. The number of carbonyl (C=O) groups is 1. The molecule has 1 amide bonds. The van der Waals surface area contributed by atoms with Crippen LogP contribution in [0.3, 0.4) is 0 Å². The van der Waals surface area contributed by atoms with Gasteiger partial charge in [0.05, 0.1) is 14.2 Å². The highest BCUT2D eigenvalue weighted by atomic mass is 16.5. The predicted octanol–water partition coefficient (Wildman–Crippen LogP) is 2.01. The van der Waals surface area contributed by atoms with E-state index in [2.05, 4.69) is 10.4 Å². The van der Waals surface area contributed by atoms with Crippen LogP contribution in [0.4, 0.5) is 5.82 Å². The van der Waals surface area contributed by atoms with Crippen molar-refractivity contribution >= 4 is 11.7 Å². The van der Waals surface area contributed by atoms with Crippen LogP contribution in [0.2, 0.25) is 0 Å². The molecule has 112 valence electrons. The molecule has 0 bridgehead atoms. The molecule has 21 heavy (non-hydrogen) atoms. The maximum absolute atomic E-state index is 11.9. The lowest BCUT2D eigenvalue weighted by Crippen LogP contribution is -2.13. The molecule has 6 heteroatoms. The zero-order valence-electron chi connectivity index (χ0n) is 12.4. The van der Waals surface area contributed by atoms with E-state index in [1.54, 1.807) is 38.2 Å². The number of aromatic nitrogens is 2. The lowest BCUT2D eigenvalue weighted by molar-refractivity contribution is -0.116. The normalized spacial score (nSPS) is 10.2. The van der Waals surface area contributed by atoms with Crippen LogP contribution in [0, 0.1) is 0 Å². The number of nitrogens with one attached hydrogen (secondary N) is 1. The molecular formula is C15H19N3O3. The van der Waals surface area contributed by atoms with Gasteiger partial charge in [0.25, 0.3) is 0 Å². The van der Waals surface area contributed by atoms with Crippen molar-refractivity contribution < 1.29 is 14.3 Å². The fourth-order valence-electron chi connectivity index (χ4n) is 1.98. The number of hydrogen-bond acceptors (Lipinski definition) is 4. The van der Waals surface area contributed by atoms with E-state index in [-0.39, 0.29) is 5.91 Å². The number of nitrogens with zero attached hydrogens (tertiary/aromatic N) is 2. The quantitative estimate of drug-likeness (QED) is 0.883. The van der Waals surface area contributed by atoms with Gasteiger partial charge in [0.15, 0.2) is 17.3 Å². The van der Waals surface area contributed by atoms with E-state index < -0.39 is 0 Å². The number of hydrogen-bond donors (Lipinski definition) is 1. The molecule has 0 aliphatic rings. The summed E-state index contributed by atoms with van der Waals surface area (Å²) in [6, 6.07) is 7.40. The third kappa shape index (κ3) is 3.98. The second kappa shape index (κ2) is 6.78. The molecule has 0 unspecified atom stereocenters. The molecule has 6 nitrogen and oxygen atoms in total. The fourth-order valence-corrected chi connectivity index (χ4v) is 1.98. The van der Waals surface area contributed by atoms with Crippen molar-refractivity contribution in [2.45, 2.75) is 12.8 Å². The summed E-state index contributed by atoms with van der Waals surface area (Å²) in [5.41, 5.74) is 1.02. The van der Waals surface area contributed by atoms with Gasteiger partial charge in [0.1, 0.15) is 0 Å². The predicted molar refractivity (Wildman–Crippen MR) is 79.7 cm³/mol. The first-order valence-electron chi connectivity index (χ1n) is 6.63. The lowest BCUT2D eigenvalue weighted by Gasteiger charge is -2.09. The van der Waals surface area contributed by atoms with Gasteiger partial charge in [0, 0.05) is 25.7 Å². The van der Waals surface area contributed by atoms with Crippen LogP contribution in [0.25, 0.3) is 0 Å².